The lowest BCUT2D eigenvalue weighted by atomic mass is 10.1. The number of carboxylic acid groups (broad SMARTS) is 1. The molecule has 1 aromatic carbocycles. The van der Waals surface area contributed by atoms with Crippen LogP contribution in [0.4, 0.5) is 4.79 Å². The molecule has 110 valence electrons. The lowest BCUT2D eigenvalue weighted by Gasteiger charge is -2.15. The second kappa shape index (κ2) is 8.92. The highest BCUT2D eigenvalue weighted by Gasteiger charge is 2.21. The third-order valence-corrected chi connectivity index (χ3v) is 2.61. The Morgan fingerprint density at radius 1 is 1.30 bits per heavy atom. The van der Waals surface area contributed by atoms with E-state index in [1.807, 2.05) is 6.92 Å². The van der Waals surface area contributed by atoms with Crippen molar-refractivity contribution in [1.82, 2.24) is 10.6 Å². The molecule has 0 bridgehead atoms. The van der Waals surface area contributed by atoms with E-state index < -0.39 is 18.0 Å². The molecule has 0 aliphatic rings. The largest absolute Gasteiger partial charge is 0.479 e. The first-order valence-corrected chi connectivity index (χ1v) is 6.55. The highest BCUT2D eigenvalue weighted by atomic mass is 16.5. The van der Waals surface area contributed by atoms with Gasteiger partial charge in [-0.05, 0) is 18.9 Å². The first-order valence-electron chi connectivity index (χ1n) is 6.55. The minimum absolute atomic E-state index is 0.437. The number of carboxylic acids is 1. The maximum absolute atomic E-state index is 11.6. The zero-order valence-corrected chi connectivity index (χ0v) is 11.5. The number of benzene rings is 1. The van der Waals surface area contributed by atoms with Gasteiger partial charge in [-0.25, -0.2) is 9.59 Å². The standard InChI is InChI=1S/C14H20N2O4/c1-2-20-10-6-9-15-14(19)16-12(13(17)18)11-7-4-3-5-8-11/h3-5,7-8,12H,2,6,9-10H2,1H3,(H,17,18)(H2,15,16,19). The topological polar surface area (TPSA) is 87.7 Å². The van der Waals surface area contributed by atoms with Gasteiger partial charge in [-0.15, -0.1) is 0 Å². The first kappa shape index (κ1) is 16.0. The van der Waals surface area contributed by atoms with E-state index in [1.54, 1.807) is 30.3 Å². The summed E-state index contributed by atoms with van der Waals surface area (Å²) in [4.78, 5) is 22.8. The first-order chi connectivity index (χ1) is 9.65. The molecule has 3 N–H and O–H groups in total. The summed E-state index contributed by atoms with van der Waals surface area (Å²) in [5.41, 5.74) is 0.532. The van der Waals surface area contributed by atoms with E-state index in [2.05, 4.69) is 10.6 Å². The number of ether oxygens (including phenoxy) is 1. The number of hydrogen-bond donors (Lipinski definition) is 3. The molecule has 0 saturated carbocycles. The van der Waals surface area contributed by atoms with Gasteiger partial charge in [0, 0.05) is 19.8 Å². The predicted molar refractivity (Wildman–Crippen MR) is 74.5 cm³/mol. The van der Waals surface area contributed by atoms with Crippen LogP contribution in [0, 0.1) is 0 Å². The Morgan fingerprint density at radius 2 is 2.00 bits per heavy atom. The number of nitrogens with one attached hydrogen (secondary N) is 2. The summed E-state index contributed by atoms with van der Waals surface area (Å²) in [7, 11) is 0. The van der Waals surface area contributed by atoms with E-state index >= 15 is 0 Å². The minimum atomic E-state index is -1.10. The van der Waals surface area contributed by atoms with Crippen molar-refractivity contribution >= 4 is 12.0 Å². The predicted octanol–water partition coefficient (Wildman–Crippen LogP) is 1.54. The highest BCUT2D eigenvalue weighted by Crippen LogP contribution is 2.12. The van der Waals surface area contributed by atoms with Gasteiger partial charge in [-0.2, -0.15) is 0 Å². The molecule has 6 nitrogen and oxygen atoms in total. The van der Waals surface area contributed by atoms with Crippen LogP contribution in [-0.2, 0) is 9.53 Å². The zero-order valence-electron chi connectivity index (χ0n) is 11.5. The number of carbonyl (C=O) groups is 2. The Balaban J connectivity index is 2.43. The molecule has 0 spiro atoms. The summed E-state index contributed by atoms with van der Waals surface area (Å²) < 4.78 is 5.14. The van der Waals surface area contributed by atoms with Gasteiger partial charge in [0.1, 0.15) is 0 Å². The Labute approximate surface area is 118 Å². The van der Waals surface area contributed by atoms with Crippen molar-refractivity contribution in [2.45, 2.75) is 19.4 Å². The summed E-state index contributed by atoms with van der Waals surface area (Å²) in [6, 6.07) is 7.01. The molecule has 0 fully saturated rings. The highest BCUT2D eigenvalue weighted by molar-refractivity contribution is 5.83. The average Bonchev–Trinajstić information content (AvgIpc) is 2.45. The monoisotopic (exact) mass is 280 g/mol. The number of rotatable bonds is 8. The maximum atomic E-state index is 11.6. The van der Waals surface area contributed by atoms with Gasteiger partial charge >= 0.3 is 12.0 Å². The molecular formula is C14H20N2O4. The van der Waals surface area contributed by atoms with Crippen molar-refractivity contribution < 1.29 is 19.4 Å². The molecule has 0 aliphatic heterocycles. The molecule has 0 radical (unpaired) electrons. The molecule has 1 rings (SSSR count). The van der Waals surface area contributed by atoms with Crippen LogP contribution in [0.25, 0.3) is 0 Å². The second-order valence-electron chi connectivity index (χ2n) is 4.13. The van der Waals surface area contributed by atoms with Gasteiger partial charge in [0.25, 0.3) is 0 Å². The normalized spacial score (nSPS) is 11.7. The molecule has 6 heteroatoms. The number of urea groups is 1. The molecule has 0 aromatic heterocycles. The van der Waals surface area contributed by atoms with E-state index in [0.717, 1.165) is 0 Å². The number of aliphatic carboxylic acids is 1. The molecular weight excluding hydrogens is 260 g/mol. The van der Waals surface area contributed by atoms with E-state index in [-0.39, 0.29) is 0 Å². The van der Waals surface area contributed by atoms with Crippen molar-refractivity contribution in [1.29, 1.82) is 0 Å². The molecule has 1 unspecified atom stereocenters. The van der Waals surface area contributed by atoms with Gasteiger partial charge in [0.2, 0.25) is 0 Å². The number of hydrogen-bond acceptors (Lipinski definition) is 3. The van der Waals surface area contributed by atoms with Gasteiger partial charge in [0.05, 0.1) is 0 Å². The lowest BCUT2D eigenvalue weighted by Crippen LogP contribution is -2.41. The molecule has 0 saturated heterocycles. The van der Waals surface area contributed by atoms with Crippen molar-refractivity contribution in [3.05, 3.63) is 35.9 Å². The van der Waals surface area contributed by atoms with Gasteiger partial charge in [-0.1, -0.05) is 30.3 Å². The molecule has 20 heavy (non-hydrogen) atoms. The van der Waals surface area contributed by atoms with Crippen LogP contribution < -0.4 is 10.6 Å². The van der Waals surface area contributed by atoms with Crippen LogP contribution in [0.5, 0.6) is 0 Å². The second-order valence-corrected chi connectivity index (χ2v) is 4.13. The number of amides is 2. The van der Waals surface area contributed by atoms with Crippen molar-refractivity contribution in [2.75, 3.05) is 19.8 Å². The molecule has 0 aliphatic carbocycles. The Bertz CT molecular complexity index is 422. The van der Waals surface area contributed by atoms with Gasteiger partial charge < -0.3 is 20.5 Å². The SMILES string of the molecule is CCOCCCNC(=O)NC(C(=O)O)c1ccccc1. The van der Waals surface area contributed by atoms with Crippen molar-refractivity contribution in [3.8, 4) is 0 Å². The van der Waals surface area contributed by atoms with Crippen molar-refractivity contribution in [2.24, 2.45) is 0 Å². The lowest BCUT2D eigenvalue weighted by molar-refractivity contribution is -0.139. The molecule has 0 heterocycles. The van der Waals surface area contributed by atoms with Crippen LogP contribution in [0.2, 0.25) is 0 Å². The quantitative estimate of drug-likeness (QED) is 0.630. The summed E-state index contributed by atoms with van der Waals surface area (Å²) in [6.07, 6.45) is 0.685. The fourth-order valence-corrected chi connectivity index (χ4v) is 1.64. The van der Waals surface area contributed by atoms with E-state index in [1.165, 1.54) is 0 Å². The van der Waals surface area contributed by atoms with Crippen molar-refractivity contribution in [3.63, 3.8) is 0 Å². The van der Waals surface area contributed by atoms with E-state index in [4.69, 9.17) is 9.84 Å². The fourth-order valence-electron chi connectivity index (χ4n) is 1.64. The van der Waals surface area contributed by atoms with E-state index in [9.17, 15) is 9.59 Å². The third kappa shape index (κ3) is 5.71. The van der Waals surface area contributed by atoms with Crippen LogP contribution in [0.3, 0.4) is 0 Å². The van der Waals surface area contributed by atoms with Gasteiger partial charge in [-0.3, -0.25) is 0 Å². The smallest absolute Gasteiger partial charge is 0.330 e. The van der Waals surface area contributed by atoms with Crippen LogP contribution in [0.15, 0.2) is 30.3 Å². The van der Waals surface area contributed by atoms with Gasteiger partial charge in [0.15, 0.2) is 6.04 Å². The Hall–Kier alpha value is -2.08. The fraction of sp³-hybridized carbons (Fsp3) is 0.429. The molecule has 2 amide bonds. The zero-order chi connectivity index (χ0) is 14.8. The average molecular weight is 280 g/mol. The summed E-state index contributed by atoms with van der Waals surface area (Å²) in [5, 5.41) is 14.2. The summed E-state index contributed by atoms with van der Waals surface area (Å²) in [6.45, 7) is 3.55. The Kier molecular flexibility index (Phi) is 7.13. The third-order valence-electron chi connectivity index (χ3n) is 2.61. The molecule has 1 aromatic rings. The number of carbonyl (C=O) groups excluding carboxylic acids is 1. The summed E-state index contributed by atoms with van der Waals surface area (Å²) >= 11 is 0. The Morgan fingerprint density at radius 3 is 2.60 bits per heavy atom. The van der Waals surface area contributed by atoms with E-state index in [0.29, 0.717) is 31.7 Å². The molecule has 1 atom stereocenters. The van der Waals surface area contributed by atoms with Crippen LogP contribution in [-0.4, -0.2) is 36.9 Å². The minimum Gasteiger partial charge on any atom is -0.479 e. The summed E-state index contributed by atoms with van der Waals surface area (Å²) in [5.74, 6) is -1.10. The van der Waals surface area contributed by atoms with Crippen LogP contribution >= 0.6 is 0 Å². The van der Waals surface area contributed by atoms with Crippen LogP contribution in [0.1, 0.15) is 24.9 Å². The maximum Gasteiger partial charge on any atom is 0.330 e.